The Morgan fingerprint density at radius 1 is 1.14 bits per heavy atom. The number of benzene rings is 1. The van der Waals surface area contributed by atoms with Crippen molar-refractivity contribution >= 4 is 17.6 Å². The lowest BCUT2D eigenvalue weighted by Gasteiger charge is -2.36. The number of amides is 3. The minimum Gasteiger partial charge on any atom is -0.379 e. The summed E-state index contributed by atoms with van der Waals surface area (Å²) in [6.07, 6.45) is -0.177. The molecule has 0 saturated carbocycles. The maximum Gasteiger partial charge on any atom is 0.322 e. The van der Waals surface area contributed by atoms with Crippen LogP contribution in [0.25, 0.3) is 0 Å². The van der Waals surface area contributed by atoms with Crippen LogP contribution in [0, 0.1) is 0 Å². The summed E-state index contributed by atoms with van der Waals surface area (Å²) in [4.78, 5) is 30.5. The monoisotopic (exact) mass is 390 g/mol. The molecule has 8 nitrogen and oxygen atoms in total. The summed E-state index contributed by atoms with van der Waals surface area (Å²) in [6.45, 7) is 8.36. The molecule has 1 aromatic carbocycles. The second-order valence-corrected chi connectivity index (χ2v) is 7.15. The van der Waals surface area contributed by atoms with Gasteiger partial charge in [0, 0.05) is 51.9 Å². The second kappa shape index (κ2) is 10.4. The van der Waals surface area contributed by atoms with Crippen LogP contribution in [-0.2, 0) is 14.3 Å². The van der Waals surface area contributed by atoms with Crippen LogP contribution in [0.3, 0.4) is 0 Å². The third-order valence-electron chi connectivity index (χ3n) is 5.11. The highest BCUT2D eigenvalue weighted by molar-refractivity contribution is 5.89. The van der Waals surface area contributed by atoms with Crippen LogP contribution in [0.15, 0.2) is 30.3 Å². The minimum absolute atomic E-state index is 0.0303. The lowest BCUT2D eigenvalue weighted by Crippen LogP contribution is -2.52. The molecule has 154 valence electrons. The average Bonchev–Trinajstić information content (AvgIpc) is 2.72. The second-order valence-electron chi connectivity index (χ2n) is 7.15. The number of morpholine rings is 2. The van der Waals surface area contributed by atoms with Crippen LogP contribution in [0.2, 0.25) is 0 Å². The van der Waals surface area contributed by atoms with Crippen molar-refractivity contribution in [3.63, 3.8) is 0 Å². The van der Waals surface area contributed by atoms with E-state index in [1.807, 2.05) is 35.2 Å². The van der Waals surface area contributed by atoms with Crippen molar-refractivity contribution in [1.29, 1.82) is 0 Å². The first kappa shape index (κ1) is 20.6. The molecular formula is C20H30N4O4. The number of nitrogens with zero attached hydrogens (tertiary/aromatic N) is 3. The maximum absolute atomic E-state index is 12.5. The van der Waals surface area contributed by atoms with Crippen molar-refractivity contribution in [3.8, 4) is 0 Å². The fraction of sp³-hybridized carbons (Fsp3) is 0.600. The van der Waals surface area contributed by atoms with E-state index in [1.165, 1.54) is 0 Å². The van der Waals surface area contributed by atoms with Gasteiger partial charge in [0.15, 0.2) is 0 Å². The Morgan fingerprint density at radius 2 is 1.89 bits per heavy atom. The fourth-order valence-electron chi connectivity index (χ4n) is 3.45. The first-order valence-corrected chi connectivity index (χ1v) is 9.90. The summed E-state index contributed by atoms with van der Waals surface area (Å²) in [7, 11) is 0. The van der Waals surface area contributed by atoms with E-state index >= 15 is 0 Å². The predicted octanol–water partition coefficient (Wildman–Crippen LogP) is 1.10. The molecule has 0 spiro atoms. The Labute approximate surface area is 166 Å². The van der Waals surface area contributed by atoms with Crippen LogP contribution >= 0.6 is 0 Å². The quantitative estimate of drug-likeness (QED) is 0.787. The van der Waals surface area contributed by atoms with E-state index in [0.717, 1.165) is 38.5 Å². The van der Waals surface area contributed by atoms with Gasteiger partial charge >= 0.3 is 6.03 Å². The summed E-state index contributed by atoms with van der Waals surface area (Å²) in [5.41, 5.74) is 0.770. The van der Waals surface area contributed by atoms with Crippen LogP contribution < -0.4 is 5.32 Å². The van der Waals surface area contributed by atoms with Gasteiger partial charge in [-0.15, -0.1) is 0 Å². The van der Waals surface area contributed by atoms with E-state index in [0.29, 0.717) is 32.8 Å². The molecule has 0 aromatic heterocycles. The minimum atomic E-state index is -0.177. The van der Waals surface area contributed by atoms with Gasteiger partial charge in [-0.2, -0.15) is 0 Å². The molecule has 0 aliphatic carbocycles. The first-order chi connectivity index (χ1) is 13.6. The Bertz CT molecular complexity index is 636. The molecule has 8 heteroatoms. The molecule has 2 heterocycles. The van der Waals surface area contributed by atoms with Gasteiger partial charge in [0.05, 0.1) is 32.5 Å². The molecule has 2 aliphatic rings. The molecule has 1 aromatic rings. The summed E-state index contributed by atoms with van der Waals surface area (Å²) in [5.74, 6) is 0.0303. The average molecular weight is 390 g/mol. The Kier molecular flexibility index (Phi) is 7.64. The van der Waals surface area contributed by atoms with Gasteiger partial charge in [-0.3, -0.25) is 9.69 Å². The van der Waals surface area contributed by atoms with Gasteiger partial charge in [0.25, 0.3) is 0 Å². The molecule has 1 atom stereocenters. The van der Waals surface area contributed by atoms with Crippen LogP contribution in [-0.4, -0.2) is 98.4 Å². The molecule has 3 amide bonds. The molecule has 28 heavy (non-hydrogen) atoms. The molecule has 3 rings (SSSR count). The van der Waals surface area contributed by atoms with Crippen molar-refractivity contribution in [2.75, 3.05) is 71.0 Å². The maximum atomic E-state index is 12.5. The number of carbonyl (C=O) groups excluding carboxylic acids is 2. The summed E-state index contributed by atoms with van der Waals surface area (Å²) in [6, 6.07) is 9.27. The first-order valence-electron chi connectivity index (χ1n) is 9.90. The third-order valence-corrected chi connectivity index (χ3v) is 5.11. The molecule has 1 N–H and O–H groups in total. The van der Waals surface area contributed by atoms with Gasteiger partial charge in [-0.1, -0.05) is 18.2 Å². The van der Waals surface area contributed by atoms with Gasteiger partial charge in [-0.05, 0) is 12.1 Å². The number of anilines is 1. The highest BCUT2D eigenvalue weighted by Crippen LogP contribution is 2.12. The molecule has 0 radical (unpaired) electrons. The van der Waals surface area contributed by atoms with E-state index in [-0.39, 0.29) is 18.0 Å². The highest BCUT2D eigenvalue weighted by Gasteiger charge is 2.27. The fourth-order valence-corrected chi connectivity index (χ4v) is 3.45. The SMILES string of the molecule is CC(=O)N(CCN1CCOCC1)C[C@H]1CN(C(=O)Nc2ccccc2)CCO1. The van der Waals surface area contributed by atoms with Gasteiger partial charge in [0.1, 0.15) is 0 Å². The predicted molar refractivity (Wildman–Crippen MR) is 106 cm³/mol. The summed E-state index contributed by atoms with van der Waals surface area (Å²) in [5, 5.41) is 2.91. The Morgan fingerprint density at radius 3 is 2.61 bits per heavy atom. The number of rotatable bonds is 6. The lowest BCUT2D eigenvalue weighted by atomic mass is 10.2. The van der Waals surface area contributed by atoms with Crippen molar-refractivity contribution in [2.24, 2.45) is 0 Å². The van der Waals surface area contributed by atoms with Crippen LogP contribution in [0.4, 0.5) is 10.5 Å². The normalized spacial score (nSPS) is 20.6. The van der Waals surface area contributed by atoms with Crippen molar-refractivity contribution in [1.82, 2.24) is 14.7 Å². The van der Waals surface area contributed by atoms with Crippen molar-refractivity contribution in [2.45, 2.75) is 13.0 Å². The Hall–Kier alpha value is -2.16. The number of ether oxygens (including phenoxy) is 2. The van der Waals surface area contributed by atoms with Crippen molar-refractivity contribution < 1.29 is 19.1 Å². The summed E-state index contributed by atoms with van der Waals surface area (Å²) >= 11 is 0. The number of hydrogen-bond acceptors (Lipinski definition) is 5. The molecule has 0 unspecified atom stereocenters. The summed E-state index contributed by atoms with van der Waals surface area (Å²) < 4.78 is 11.2. The zero-order valence-corrected chi connectivity index (χ0v) is 16.5. The van der Waals surface area contributed by atoms with Gasteiger partial charge in [-0.25, -0.2) is 4.79 Å². The zero-order valence-electron chi connectivity index (χ0n) is 16.5. The molecule has 0 bridgehead atoms. The molecule has 2 saturated heterocycles. The number of carbonyl (C=O) groups is 2. The third kappa shape index (κ3) is 6.19. The standard InChI is InChI=1S/C20H30N4O4/c1-17(25)23(8-7-22-9-12-27-13-10-22)15-19-16-24(11-14-28-19)20(26)21-18-5-3-2-4-6-18/h2-6,19H,7-16H2,1H3,(H,21,26)/t19-/m0/s1. The topological polar surface area (TPSA) is 74.4 Å². The highest BCUT2D eigenvalue weighted by atomic mass is 16.5. The largest absolute Gasteiger partial charge is 0.379 e. The van der Waals surface area contributed by atoms with E-state index < -0.39 is 0 Å². The molecule has 2 aliphatic heterocycles. The molecule has 2 fully saturated rings. The number of nitrogens with one attached hydrogen (secondary N) is 1. The lowest BCUT2D eigenvalue weighted by molar-refractivity contribution is -0.132. The number of para-hydroxylation sites is 1. The van der Waals surface area contributed by atoms with E-state index in [2.05, 4.69) is 10.2 Å². The van der Waals surface area contributed by atoms with E-state index in [9.17, 15) is 9.59 Å². The van der Waals surface area contributed by atoms with Crippen LogP contribution in [0.5, 0.6) is 0 Å². The molecular weight excluding hydrogens is 360 g/mol. The Balaban J connectivity index is 1.48. The van der Waals surface area contributed by atoms with E-state index in [4.69, 9.17) is 9.47 Å². The van der Waals surface area contributed by atoms with Crippen LogP contribution in [0.1, 0.15) is 6.92 Å². The zero-order chi connectivity index (χ0) is 19.8. The number of hydrogen-bond donors (Lipinski definition) is 1. The van der Waals surface area contributed by atoms with Gasteiger partial charge in [0.2, 0.25) is 5.91 Å². The van der Waals surface area contributed by atoms with Gasteiger partial charge < -0.3 is 24.6 Å². The smallest absolute Gasteiger partial charge is 0.322 e. The van der Waals surface area contributed by atoms with E-state index in [1.54, 1.807) is 11.8 Å². The number of urea groups is 1. The van der Waals surface area contributed by atoms with Crippen molar-refractivity contribution in [3.05, 3.63) is 30.3 Å².